The van der Waals surface area contributed by atoms with Crippen LogP contribution >= 0.6 is 0 Å². The van der Waals surface area contributed by atoms with E-state index < -0.39 is 0 Å². The second kappa shape index (κ2) is 11.4. The molecule has 3 aromatic rings. The van der Waals surface area contributed by atoms with Gasteiger partial charge in [0.25, 0.3) is 5.91 Å². The van der Waals surface area contributed by atoms with Gasteiger partial charge in [-0.2, -0.15) is 0 Å². The topological polar surface area (TPSA) is 80.6 Å². The van der Waals surface area contributed by atoms with Gasteiger partial charge >= 0.3 is 5.97 Å². The Morgan fingerprint density at radius 1 is 1.00 bits per heavy atom. The molecule has 0 atom stereocenters. The molecule has 0 radical (unpaired) electrons. The van der Waals surface area contributed by atoms with Crippen molar-refractivity contribution in [2.24, 2.45) is 5.92 Å². The molecular weight excluding hydrogens is 454 g/mol. The van der Waals surface area contributed by atoms with E-state index >= 15 is 0 Å². The lowest BCUT2D eigenvalue weighted by molar-refractivity contribution is -0.146. The Kier molecular flexibility index (Phi) is 8.08. The molecule has 1 aliphatic carbocycles. The monoisotopic (exact) mass is 489 g/mol. The van der Waals surface area contributed by atoms with Crippen molar-refractivity contribution in [3.05, 3.63) is 65.9 Å². The maximum absolute atomic E-state index is 13.5. The number of hydrogen-bond donors (Lipinski definition) is 1. The Balaban J connectivity index is 1.55. The molecule has 7 nitrogen and oxygen atoms in total. The normalized spacial score (nSPS) is 17.5. The van der Waals surface area contributed by atoms with Crippen LogP contribution in [0.15, 0.2) is 54.6 Å². The van der Waals surface area contributed by atoms with Crippen molar-refractivity contribution >= 4 is 34.4 Å². The number of fused-ring (bicyclic) bond motifs is 1. The number of carbonyl (C=O) groups excluding carboxylic acids is 3. The Morgan fingerprint density at radius 2 is 1.75 bits per heavy atom. The number of esters is 1. The van der Waals surface area contributed by atoms with Crippen LogP contribution in [0.5, 0.6) is 0 Å². The summed E-state index contributed by atoms with van der Waals surface area (Å²) >= 11 is 0. The zero-order valence-corrected chi connectivity index (χ0v) is 21.3. The van der Waals surface area contributed by atoms with Crippen molar-refractivity contribution in [3.63, 3.8) is 0 Å². The molecule has 0 unspecified atom stereocenters. The first-order valence-electron chi connectivity index (χ1n) is 12.8. The Hall–Kier alpha value is -3.61. The van der Waals surface area contributed by atoms with Crippen LogP contribution in [-0.4, -0.2) is 42.0 Å². The number of methoxy groups -OCH3 is 1. The van der Waals surface area contributed by atoms with Gasteiger partial charge in [-0.1, -0.05) is 37.3 Å². The maximum Gasteiger partial charge on any atom is 0.308 e. The fraction of sp³-hybridized carbons (Fsp3) is 0.414. The van der Waals surface area contributed by atoms with Crippen molar-refractivity contribution < 1.29 is 19.1 Å². The van der Waals surface area contributed by atoms with Crippen molar-refractivity contribution in [2.45, 2.75) is 58.5 Å². The van der Waals surface area contributed by atoms with Crippen molar-refractivity contribution in [3.8, 4) is 0 Å². The lowest BCUT2D eigenvalue weighted by Gasteiger charge is -2.28. The number of para-hydroxylation sites is 1. The number of likely N-dealkylation sites (N-methyl/N-ethyl adjacent to an activating group) is 1. The predicted molar refractivity (Wildman–Crippen MR) is 141 cm³/mol. The van der Waals surface area contributed by atoms with Gasteiger partial charge in [-0.05, 0) is 68.9 Å². The number of benzene rings is 2. The zero-order valence-electron chi connectivity index (χ0n) is 21.3. The van der Waals surface area contributed by atoms with E-state index in [0.29, 0.717) is 25.1 Å². The molecule has 2 aromatic carbocycles. The van der Waals surface area contributed by atoms with Crippen LogP contribution in [0.2, 0.25) is 0 Å². The Bertz CT molecular complexity index is 1240. The van der Waals surface area contributed by atoms with Gasteiger partial charge in [-0.15, -0.1) is 0 Å². The number of hydrogen-bond acceptors (Lipinski definition) is 4. The molecule has 36 heavy (non-hydrogen) atoms. The number of nitrogens with one attached hydrogen (secondary N) is 1. The summed E-state index contributed by atoms with van der Waals surface area (Å²) < 4.78 is 6.69. The van der Waals surface area contributed by atoms with Gasteiger partial charge in [0, 0.05) is 29.2 Å². The third-order valence-corrected chi connectivity index (χ3v) is 7.18. The highest BCUT2D eigenvalue weighted by molar-refractivity contribution is 6.01. The average molecular weight is 490 g/mol. The Labute approximate surface area is 212 Å². The molecule has 7 heteroatoms. The van der Waals surface area contributed by atoms with Crippen LogP contribution in [0.25, 0.3) is 10.9 Å². The van der Waals surface area contributed by atoms with Crippen LogP contribution in [0.1, 0.15) is 55.6 Å². The van der Waals surface area contributed by atoms with E-state index in [9.17, 15) is 14.4 Å². The second-order valence-corrected chi connectivity index (χ2v) is 9.38. The molecule has 1 fully saturated rings. The molecule has 1 aliphatic rings. The van der Waals surface area contributed by atoms with Crippen LogP contribution in [0, 0.1) is 5.92 Å². The van der Waals surface area contributed by atoms with Gasteiger partial charge in [0.2, 0.25) is 5.91 Å². The van der Waals surface area contributed by atoms with Crippen LogP contribution < -0.4 is 10.2 Å². The van der Waals surface area contributed by atoms with E-state index in [1.165, 1.54) is 12.7 Å². The summed E-state index contributed by atoms with van der Waals surface area (Å²) in [6, 6.07) is 17.6. The largest absolute Gasteiger partial charge is 0.469 e. The SMILES string of the molecule is CCc1cccc(N(CC)C(=O)Cn2c(C(=O)N[C@H]3CC[C@H](C(=O)OC)CC3)cc3ccccc32)c1. The molecule has 2 amide bonds. The zero-order chi connectivity index (χ0) is 25.7. The summed E-state index contributed by atoms with van der Waals surface area (Å²) in [4.78, 5) is 40.5. The van der Waals surface area contributed by atoms with E-state index in [2.05, 4.69) is 18.3 Å². The maximum atomic E-state index is 13.5. The van der Waals surface area contributed by atoms with Gasteiger partial charge < -0.3 is 19.5 Å². The fourth-order valence-electron chi connectivity index (χ4n) is 5.14. The number of nitrogens with zero attached hydrogens (tertiary/aromatic N) is 2. The number of carbonyl (C=O) groups is 3. The number of aryl methyl sites for hydroxylation is 1. The quantitative estimate of drug-likeness (QED) is 0.465. The van der Waals surface area contributed by atoms with Crippen LogP contribution in [0.3, 0.4) is 0 Å². The first-order valence-corrected chi connectivity index (χ1v) is 12.8. The predicted octanol–water partition coefficient (Wildman–Crippen LogP) is 4.72. The van der Waals surface area contributed by atoms with Gasteiger partial charge in [-0.25, -0.2) is 0 Å². The lowest BCUT2D eigenvalue weighted by atomic mass is 9.86. The minimum Gasteiger partial charge on any atom is -0.469 e. The summed E-state index contributed by atoms with van der Waals surface area (Å²) in [6.07, 6.45) is 3.74. The van der Waals surface area contributed by atoms with Gasteiger partial charge in [0.05, 0.1) is 13.0 Å². The molecule has 0 spiro atoms. The van der Waals surface area contributed by atoms with E-state index in [4.69, 9.17) is 4.74 Å². The van der Waals surface area contributed by atoms with Crippen LogP contribution in [-0.2, 0) is 27.3 Å². The minimum absolute atomic E-state index is 0.00973. The summed E-state index contributed by atoms with van der Waals surface area (Å²) in [5, 5.41) is 4.06. The Morgan fingerprint density at radius 3 is 2.44 bits per heavy atom. The molecule has 0 saturated heterocycles. The van der Waals surface area contributed by atoms with Gasteiger partial charge in [0.1, 0.15) is 12.2 Å². The molecule has 1 N–H and O–H groups in total. The summed E-state index contributed by atoms with van der Waals surface area (Å²) in [6.45, 7) is 4.66. The van der Waals surface area contributed by atoms with E-state index in [1.807, 2.05) is 60.0 Å². The number of amides is 2. The minimum atomic E-state index is -0.198. The fourth-order valence-corrected chi connectivity index (χ4v) is 5.14. The summed E-state index contributed by atoms with van der Waals surface area (Å²) in [7, 11) is 1.41. The highest BCUT2D eigenvalue weighted by atomic mass is 16.5. The second-order valence-electron chi connectivity index (χ2n) is 9.38. The number of anilines is 1. The molecule has 0 bridgehead atoms. The molecule has 0 aliphatic heterocycles. The lowest BCUT2D eigenvalue weighted by Crippen LogP contribution is -2.40. The van der Waals surface area contributed by atoms with E-state index in [1.54, 1.807) is 4.90 Å². The number of rotatable bonds is 8. The average Bonchev–Trinajstić information content (AvgIpc) is 3.27. The van der Waals surface area contributed by atoms with Crippen LogP contribution in [0.4, 0.5) is 5.69 Å². The molecule has 1 saturated carbocycles. The number of aromatic nitrogens is 1. The third kappa shape index (κ3) is 5.45. The van der Waals surface area contributed by atoms with E-state index in [0.717, 1.165) is 35.9 Å². The molecular formula is C29H35N3O4. The van der Waals surface area contributed by atoms with Gasteiger partial charge in [0.15, 0.2) is 0 Å². The molecule has 190 valence electrons. The highest BCUT2D eigenvalue weighted by Gasteiger charge is 2.29. The standard InChI is InChI=1S/C29H35N3O4/c1-4-20-9-8-11-24(17-20)31(5-2)27(33)19-32-25-12-7-6-10-22(25)18-26(32)28(34)30-23-15-13-21(14-16-23)29(35)36-3/h6-12,17-18,21,23H,4-5,13-16,19H2,1-3H3,(H,30,34)/t21-,23-. The first kappa shape index (κ1) is 25.5. The molecule has 4 rings (SSSR count). The van der Waals surface area contributed by atoms with Crippen molar-refractivity contribution in [1.82, 2.24) is 9.88 Å². The smallest absolute Gasteiger partial charge is 0.308 e. The summed E-state index contributed by atoms with van der Waals surface area (Å²) in [5.74, 6) is -0.543. The van der Waals surface area contributed by atoms with Crippen molar-refractivity contribution in [2.75, 3.05) is 18.6 Å². The number of ether oxygens (including phenoxy) is 1. The highest BCUT2D eigenvalue weighted by Crippen LogP contribution is 2.27. The summed E-state index contributed by atoms with van der Waals surface area (Å²) in [5.41, 5.74) is 3.36. The third-order valence-electron chi connectivity index (χ3n) is 7.18. The molecule has 1 heterocycles. The van der Waals surface area contributed by atoms with Gasteiger partial charge in [-0.3, -0.25) is 14.4 Å². The van der Waals surface area contributed by atoms with Crippen molar-refractivity contribution in [1.29, 1.82) is 0 Å². The first-order chi connectivity index (χ1) is 17.4. The van der Waals surface area contributed by atoms with E-state index in [-0.39, 0.29) is 36.3 Å². The molecule has 1 aromatic heterocycles.